The number of carbonyl (C=O) groups excluding carboxylic acids is 1. The maximum atomic E-state index is 13.4. The maximum absolute atomic E-state index is 13.4. The number of anilines is 1. The highest BCUT2D eigenvalue weighted by molar-refractivity contribution is 6.33. The van der Waals surface area contributed by atoms with E-state index in [0.29, 0.717) is 5.02 Å². The minimum absolute atomic E-state index is 0.249. The average molecular weight is 282 g/mol. The Morgan fingerprint density at radius 2 is 1.79 bits per heavy atom. The van der Waals surface area contributed by atoms with Gasteiger partial charge in [-0.1, -0.05) is 17.7 Å². The van der Waals surface area contributed by atoms with Crippen LogP contribution in [0.25, 0.3) is 0 Å². The van der Waals surface area contributed by atoms with Gasteiger partial charge in [-0.15, -0.1) is 0 Å². The first-order valence-corrected chi connectivity index (χ1v) is 5.88. The highest BCUT2D eigenvalue weighted by Crippen LogP contribution is 2.21. The normalized spacial score (nSPS) is 10.5. The largest absolute Gasteiger partial charge is 0.398 e. The molecular formula is C14H10ClF2NO. The van der Waals surface area contributed by atoms with Crippen molar-refractivity contribution in [3.05, 3.63) is 64.2 Å². The molecule has 0 heterocycles. The molecule has 2 rings (SSSR count). The van der Waals surface area contributed by atoms with Gasteiger partial charge in [0, 0.05) is 17.5 Å². The summed E-state index contributed by atoms with van der Waals surface area (Å²) in [7, 11) is 0. The molecule has 19 heavy (non-hydrogen) atoms. The lowest BCUT2D eigenvalue weighted by molar-refractivity contribution is 0.0990. The first-order chi connectivity index (χ1) is 8.99. The summed E-state index contributed by atoms with van der Waals surface area (Å²) in [6.45, 7) is 0. The standard InChI is InChI=1S/C14H10ClF2NO/c15-10-5-4-8(6-13(10)18)14(19)7-9-11(16)2-1-3-12(9)17/h1-6H,7,18H2. The third kappa shape index (κ3) is 2.90. The average Bonchev–Trinajstić information content (AvgIpc) is 2.37. The molecule has 2 aromatic rings. The zero-order valence-corrected chi connectivity index (χ0v) is 10.5. The number of rotatable bonds is 3. The quantitative estimate of drug-likeness (QED) is 0.690. The number of Topliss-reactive ketones (excluding diaryl/α,β-unsaturated/α-hetero) is 1. The van der Waals surface area contributed by atoms with Gasteiger partial charge in [0.2, 0.25) is 0 Å². The molecule has 0 saturated heterocycles. The topological polar surface area (TPSA) is 43.1 Å². The summed E-state index contributed by atoms with van der Waals surface area (Å²) in [5, 5.41) is 0.327. The Morgan fingerprint density at radius 1 is 1.16 bits per heavy atom. The van der Waals surface area contributed by atoms with E-state index in [0.717, 1.165) is 12.1 Å². The molecule has 2 aromatic carbocycles. The second-order valence-electron chi connectivity index (χ2n) is 4.04. The monoisotopic (exact) mass is 281 g/mol. The molecule has 0 aromatic heterocycles. The van der Waals surface area contributed by atoms with Gasteiger partial charge in [-0.2, -0.15) is 0 Å². The van der Waals surface area contributed by atoms with Crippen LogP contribution in [0.5, 0.6) is 0 Å². The van der Waals surface area contributed by atoms with E-state index in [9.17, 15) is 13.6 Å². The lowest BCUT2D eigenvalue weighted by Crippen LogP contribution is -2.07. The number of benzene rings is 2. The molecular weight excluding hydrogens is 272 g/mol. The molecule has 0 aliphatic heterocycles. The molecule has 0 aliphatic rings. The van der Waals surface area contributed by atoms with Crippen molar-refractivity contribution in [2.45, 2.75) is 6.42 Å². The van der Waals surface area contributed by atoms with Crippen LogP contribution in [0.15, 0.2) is 36.4 Å². The van der Waals surface area contributed by atoms with Crippen LogP contribution in [0.4, 0.5) is 14.5 Å². The van der Waals surface area contributed by atoms with Crippen molar-refractivity contribution >= 4 is 23.1 Å². The van der Waals surface area contributed by atoms with E-state index in [2.05, 4.69) is 0 Å². The SMILES string of the molecule is Nc1cc(C(=O)Cc2c(F)cccc2F)ccc1Cl. The fourth-order valence-electron chi connectivity index (χ4n) is 1.68. The van der Waals surface area contributed by atoms with E-state index in [1.165, 1.54) is 24.3 Å². The van der Waals surface area contributed by atoms with Crippen LogP contribution < -0.4 is 5.73 Å². The summed E-state index contributed by atoms with van der Waals surface area (Å²) >= 11 is 5.74. The van der Waals surface area contributed by atoms with Gasteiger partial charge in [-0.25, -0.2) is 8.78 Å². The number of halogens is 3. The Morgan fingerprint density at radius 3 is 2.37 bits per heavy atom. The zero-order chi connectivity index (χ0) is 14.0. The summed E-state index contributed by atoms with van der Waals surface area (Å²) in [6.07, 6.45) is -0.362. The maximum Gasteiger partial charge on any atom is 0.167 e. The van der Waals surface area contributed by atoms with Gasteiger partial charge in [0.05, 0.1) is 10.7 Å². The van der Waals surface area contributed by atoms with Crippen molar-refractivity contribution in [3.8, 4) is 0 Å². The molecule has 0 spiro atoms. The molecule has 2 nitrogen and oxygen atoms in total. The van der Waals surface area contributed by atoms with Gasteiger partial charge in [0.15, 0.2) is 5.78 Å². The van der Waals surface area contributed by atoms with Gasteiger partial charge in [-0.3, -0.25) is 4.79 Å². The molecule has 0 radical (unpaired) electrons. The predicted octanol–water partition coefficient (Wildman–Crippen LogP) is 3.63. The lowest BCUT2D eigenvalue weighted by atomic mass is 10.0. The second kappa shape index (κ2) is 5.36. The van der Waals surface area contributed by atoms with Gasteiger partial charge in [0.25, 0.3) is 0 Å². The van der Waals surface area contributed by atoms with E-state index in [-0.39, 0.29) is 23.2 Å². The first kappa shape index (κ1) is 13.5. The van der Waals surface area contributed by atoms with Crippen molar-refractivity contribution < 1.29 is 13.6 Å². The lowest BCUT2D eigenvalue weighted by Gasteiger charge is -2.06. The predicted molar refractivity (Wildman–Crippen MR) is 70.3 cm³/mol. The number of nitrogens with two attached hydrogens (primary N) is 1. The van der Waals surface area contributed by atoms with E-state index in [4.69, 9.17) is 17.3 Å². The fraction of sp³-hybridized carbons (Fsp3) is 0.0714. The minimum atomic E-state index is -0.740. The molecule has 98 valence electrons. The summed E-state index contributed by atoms with van der Waals surface area (Å²) in [5.74, 6) is -1.90. The Kier molecular flexibility index (Phi) is 3.81. The summed E-state index contributed by atoms with van der Waals surface area (Å²) in [5.41, 5.74) is 5.85. The van der Waals surface area contributed by atoms with Crippen molar-refractivity contribution in [2.75, 3.05) is 5.73 Å². The molecule has 0 atom stereocenters. The highest BCUT2D eigenvalue weighted by Gasteiger charge is 2.15. The van der Waals surface area contributed by atoms with E-state index in [1.807, 2.05) is 0 Å². The van der Waals surface area contributed by atoms with Crippen molar-refractivity contribution in [2.24, 2.45) is 0 Å². The first-order valence-electron chi connectivity index (χ1n) is 5.50. The summed E-state index contributed by atoms with van der Waals surface area (Å²) in [4.78, 5) is 12.0. The molecule has 0 amide bonds. The van der Waals surface area contributed by atoms with Crippen LogP contribution in [0, 0.1) is 11.6 Å². The zero-order valence-electron chi connectivity index (χ0n) is 9.79. The fourth-order valence-corrected chi connectivity index (χ4v) is 1.80. The van der Waals surface area contributed by atoms with Crippen molar-refractivity contribution in [1.82, 2.24) is 0 Å². The number of hydrogen-bond acceptors (Lipinski definition) is 2. The van der Waals surface area contributed by atoms with E-state index < -0.39 is 17.4 Å². The highest BCUT2D eigenvalue weighted by atomic mass is 35.5. The third-order valence-electron chi connectivity index (χ3n) is 2.72. The molecule has 0 unspecified atom stereocenters. The van der Waals surface area contributed by atoms with Gasteiger partial charge in [-0.05, 0) is 30.3 Å². The Bertz CT molecular complexity index is 623. The number of hydrogen-bond donors (Lipinski definition) is 1. The molecule has 0 saturated carbocycles. The Hall–Kier alpha value is -1.94. The summed E-state index contributed by atoms with van der Waals surface area (Å²) < 4.78 is 26.9. The van der Waals surface area contributed by atoms with Crippen LogP contribution in [-0.2, 0) is 6.42 Å². The Balaban J connectivity index is 2.28. The third-order valence-corrected chi connectivity index (χ3v) is 3.06. The van der Waals surface area contributed by atoms with E-state index in [1.54, 1.807) is 0 Å². The molecule has 5 heteroatoms. The van der Waals surface area contributed by atoms with Gasteiger partial charge < -0.3 is 5.73 Å². The van der Waals surface area contributed by atoms with Crippen LogP contribution in [0.3, 0.4) is 0 Å². The van der Waals surface area contributed by atoms with E-state index >= 15 is 0 Å². The molecule has 0 fully saturated rings. The molecule has 0 bridgehead atoms. The van der Waals surface area contributed by atoms with Gasteiger partial charge >= 0.3 is 0 Å². The van der Waals surface area contributed by atoms with Crippen molar-refractivity contribution in [3.63, 3.8) is 0 Å². The number of carbonyl (C=O) groups is 1. The number of nitrogen functional groups attached to an aromatic ring is 1. The van der Waals surface area contributed by atoms with Crippen molar-refractivity contribution in [1.29, 1.82) is 0 Å². The van der Waals surface area contributed by atoms with Crippen LogP contribution >= 0.6 is 11.6 Å². The van der Waals surface area contributed by atoms with Gasteiger partial charge in [0.1, 0.15) is 11.6 Å². The van der Waals surface area contributed by atoms with Crippen LogP contribution in [0.1, 0.15) is 15.9 Å². The summed E-state index contributed by atoms with van der Waals surface area (Å²) in [6, 6.07) is 7.81. The molecule has 0 aliphatic carbocycles. The van der Waals surface area contributed by atoms with Crippen LogP contribution in [-0.4, -0.2) is 5.78 Å². The second-order valence-corrected chi connectivity index (χ2v) is 4.44. The Labute approximate surface area is 113 Å². The number of ketones is 1. The van der Waals surface area contributed by atoms with Crippen LogP contribution in [0.2, 0.25) is 5.02 Å². The smallest absolute Gasteiger partial charge is 0.167 e. The minimum Gasteiger partial charge on any atom is -0.398 e. The molecule has 2 N–H and O–H groups in total.